The Morgan fingerprint density at radius 3 is 2.62 bits per heavy atom. The Morgan fingerprint density at radius 1 is 1.21 bits per heavy atom. The van der Waals surface area contributed by atoms with E-state index in [2.05, 4.69) is 10.6 Å². The molecule has 0 spiro atoms. The van der Waals surface area contributed by atoms with Crippen LogP contribution < -0.4 is 15.5 Å². The monoisotopic (exact) mass is 468 g/mol. The lowest BCUT2D eigenvalue weighted by Gasteiger charge is -2.28. The third-order valence-corrected chi connectivity index (χ3v) is 7.75. The number of anilines is 1. The van der Waals surface area contributed by atoms with E-state index in [9.17, 15) is 19.2 Å². The van der Waals surface area contributed by atoms with Crippen LogP contribution >= 0.6 is 0 Å². The number of hydrogen-bond donors (Lipinski definition) is 2. The highest BCUT2D eigenvalue weighted by Gasteiger charge is 2.49. The molecule has 2 unspecified atom stereocenters. The molecule has 0 radical (unpaired) electrons. The summed E-state index contributed by atoms with van der Waals surface area (Å²) in [5.74, 6) is -0.0967. The van der Waals surface area contributed by atoms with Gasteiger partial charge in [0, 0.05) is 45.2 Å². The number of carbonyl (C=O) groups is 4. The van der Waals surface area contributed by atoms with E-state index in [1.54, 1.807) is 4.90 Å². The molecule has 1 aliphatic carbocycles. The van der Waals surface area contributed by atoms with E-state index in [-0.39, 0.29) is 29.6 Å². The number of aryl methyl sites for hydroxylation is 1. The number of aldehydes is 1. The van der Waals surface area contributed by atoms with Crippen LogP contribution in [0.2, 0.25) is 0 Å². The van der Waals surface area contributed by atoms with Crippen molar-refractivity contribution in [2.75, 3.05) is 32.1 Å². The Morgan fingerprint density at radius 2 is 1.97 bits per heavy atom. The van der Waals surface area contributed by atoms with Gasteiger partial charge in [-0.1, -0.05) is 18.6 Å². The highest BCUT2D eigenvalue weighted by molar-refractivity contribution is 5.90. The summed E-state index contributed by atoms with van der Waals surface area (Å²) in [4.78, 5) is 53.9. The zero-order valence-corrected chi connectivity index (χ0v) is 20.2. The molecule has 5 atom stereocenters. The Kier molecular flexibility index (Phi) is 7.54. The fourth-order valence-corrected chi connectivity index (χ4v) is 5.85. The van der Waals surface area contributed by atoms with Gasteiger partial charge in [0.05, 0.1) is 6.04 Å². The Hall–Kier alpha value is -2.90. The van der Waals surface area contributed by atoms with E-state index >= 15 is 0 Å². The van der Waals surface area contributed by atoms with Crippen molar-refractivity contribution in [3.63, 3.8) is 0 Å². The van der Waals surface area contributed by atoms with Crippen molar-refractivity contribution in [3.8, 4) is 0 Å². The average molecular weight is 469 g/mol. The normalized spacial score (nSPS) is 26.6. The topological polar surface area (TPSA) is 98.8 Å². The number of nitrogens with zero attached hydrogens (tertiary/aromatic N) is 2. The summed E-state index contributed by atoms with van der Waals surface area (Å²) in [6.07, 6.45) is 5.70. The van der Waals surface area contributed by atoms with Gasteiger partial charge < -0.3 is 25.2 Å². The quantitative estimate of drug-likeness (QED) is 0.536. The zero-order chi connectivity index (χ0) is 24.2. The van der Waals surface area contributed by atoms with Gasteiger partial charge in [-0.15, -0.1) is 0 Å². The van der Waals surface area contributed by atoms with Crippen LogP contribution in [0.15, 0.2) is 24.3 Å². The molecule has 8 nitrogen and oxygen atoms in total. The summed E-state index contributed by atoms with van der Waals surface area (Å²) >= 11 is 0. The van der Waals surface area contributed by atoms with E-state index < -0.39 is 12.1 Å². The van der Waals surface area contributed by atoms with Gasteiger partial charge in [-0.05, 0) is 61.6 Å². The molecule has 0 bridgehead atoms. The molecule has 2 N–H and O–H groups in total. The Balaban J connectivity index is 1.39. The first-order valence-electron chi connectivity index (χ1n) is 12.5. The highest BCUT2D eigenvalue weighted by atomic mass is 16.2. The number of rotatable bonds is 9. The van der Waals surface area contributed by atoms with Gasteiger partial charge in [-0.3, -0.25) is 14.4 Å². The lowest BCUT2D eigenvalue weighted by Crippen LogP contribution is -2.52. The summed E-state index contributed by atoms with van der Waals surface area (Å²) < 4.78 is 0. The maximum Gasteiger partial charge on any atom is 0.243 e. The lowest BCUT2D eigenvalue weighted by molar-refractivity contribution is -0.140. The average Bonchev–Trinajstić information content (AvgIpc) is 3.53. The minimum Gasteiger partial charge on any atom is -0.378 e. The number of fused-ring (bicyclic) bond motifs is 1. The van der Waals surface area contributed by atoms with Crippen LogP contribution in [-0.2, 0) is 25.6 Å². The molecule has 2 saturated heterocycles. The molecule has 4 rings (SSSR count). The van der Waals surface area contributed by atoms with Crippen molar-refractivity contribution in [1.82, 2.24) is 15.5 Å². The molecule has 3 aliphatic rings. The van der Waals surface area contributed by atoms with Crippen LogP contribution in [-0.4, -0.2) is 68.2 Å². The molecule has 1 aromatic rings. The van der Waals surface area contributed by atoms with Crippen LogP contribution in [0.25, 0.3) is 0 Å². The van der Waals surface area contributed by atoms with Crippen molar-refractivity contribution >= 4 is 29.7 Å². The van der Waals surface area contributed by atoms with Crippen LogP contribution in [0.3, 0.4) is 0 Å². The first-order valence-corrected chi connectivity index (χ1v) is 12.5. The molecule has 0 aromatic heterocycles. The van der Waals surface area contributed by atoms with Crippen LogP contribution in [0, 0.1) is 17.8 Å². The summed E-state index contributed by atoms with van der Waals surface area (Å²) in [5, 5.41) is 5.63. The third-order valence-electron chi connectivity index (χ3n) is 7.75. The number of likely N-dealkylation sites (tertiary alicyclic amines) is 1. The SMILES string of the molecule is CN(C)c1ccc(CCC(=O)N2CC3CCCC3[C@@H]2C(=O)N[C@H](C=O)C[C@@H]2CCNC2=O)cc1. The molecule has 34 heavy (non-hydrogen) atoms. The fourth-order valence-electron chi connectivity index (χ4n) is 5.85. The Bertz CT molecular complexity index is 916. The fraction of sp³-hybridized carbons (Fsp3) is 0.615. The van der Waals surface area contributed by atoms with Crippen molar-refractivity contribution < 1.29 is 19.2 Å². The molecular weight excluding hydrogens is 432 g/mol. The second-order valence-electron chi connectivity index (χ2n) is 10.2. The maximum atomic E-state index is 13.3. The Labute approximate surface area is 201 Å². The first kappa shape index (κ1) is 24.2. The van der Waals surface area contributed by atoms with Gasteiger partial charge in [0.25, 0.3) is 0 Å². The van der Waals surface area contributed by atoms with Crippen molar-refractivity contribution in [1.29, 1.82) is 0 Å². The van der Waals surface area contributed by atoms with Gasteiger partial charge in [-0.25, -0.2) is 0 Å². The van der Waals surface area contributed by atoms with E-state index in [1.807, 2.05) is 43.3 Å². The number of carbonyl (C=O) groups excluding carboxylic acids is 4. The smallest absolute Gasteiger partial charge is 0.243 e. The van der Waals surface area contributed by atoms with Crippen LogP contribution in [0.1, 0.15) is 44.1 Å². The van der Waals surface area contributed by atoms with Crippen LogP contribution in [0.4, 0.5) is 5.69 Å². The lowest BCUT2D eigenvalue weighted by atomic mass is 9.92. The van der Waals surface area contributed by atoms with Gasteiger partial charge in [0.15, 0.2) is 0 Å². The van der Waals surface area contributed by atoms with E-state index in [0.717, 1.165) is 30.5 Å². The van der Waals surface area contributed by atoms with Crippen molar-refractivity contribution in [2.45, 2.75) is 57.0 Å². The minimum absolute atomic E-state index is 0.0101. The molecule has 2 aliphatic heterocycles. The molecule has 184 valence electrons. The van der Waals surface area contributed by atoms with Crippen molar-refractivity contribution in [3.05, 3.63) is 29.8 Å². The van der Waals surface area contributed by atoms with Gasteiger partial charge >= 0.3 is 0 Å². The molecule has 1 aromatic carbocycles. The number of nitrogens with one attached hydrogen (secondary N) is 2. The highest BCUT2D eigenvalue weighted by Crippen LogP contribution is 2.42. The standard InChI is InChI=1S/C26H36N4O4/c1-29(2)21-9-6-17(7-10-21)8-11-23(32)30-15-19-4-3-5-22(19)24(30)26(34)28-20(16-31)14-18-12-13-27-25(18)33/h6-7,9-10,16,18-20,22,24H,3-5,8,11-15H2,1-2H3,(H,27,33)(H,28,34)/t18-,19?,20-,22?,24+/m0/s1. The largest absolute Gasteiger partial charge is 0.378 e. The summed E-state index contributed by atoms with van der Waals surface area (Å²) in [7, 11) is 3.98. The van der Waals surface area contributed by atoms with E-state index in [0.29, 0.717) is 51.0 Å². The molecule has 1 saturated carbocycles. The van der Waals surface area contributed by atoms with E-state index in [4.69, 9.17) is 0 Å². The molecule has 2 heterocycles. The van der Waals surface area contributed by atoms with Crippen molar-refractivity contribution in [2.24, 2.45) is 17.8 Å². The summed E-state index contributed by atoms with van der Waals surface area (Å²) in [5.41, 5.74) is 2.20. The van der Waals surface area contributed by atoms with Gasteiger partial charge in [-0.2, -0.15) is 0 Å². The second-order valence-corrected chi connectivity index (χ2v) is 10.2. The minimum atomic E-state index is -0.714. The predicted octanol–water partition coefficient (Wildman–Crippen LogP) is 1.52. The van der Waals surface area contributed by atoms with E-state index in [1.165, 1.54) is 0 Å². The van der Waals surface area contributed by atoms with Crippen LogP contribution in [0.5, 0.6) is 0 Å². The second kappa shape index (κ2) is 10.6. The number of amides is 3. The first-order chi connectivity index (χ1) is 16.4. The third kappa shape index (κ3) is 5.26. The summed E-state index contributed by atoms with van der Waals surface area (Å²) in [6.45, 7) is 1.22. The number of hydrogen-bond acceptors (Lipinski definition) is 5. The molecule has 3 amide bonds. The maximum absolute atomic E-state index is 13.3. The van der Waals surface area contributed by atoms with Gasteiger partial charge in [0.1, 0.15) is 12.3 Å². The molecular formula is C26H36N4O4. The number of benzene rings is 1. The zero-order valence-electron chi connectivity index (χ0n) is 20.2. The molecule has 8 heteroatoms. The summed E-state index contributed by atoms with van der Waals surface area (Å²) in [6, 6.07) is 6.92. The molecule has 3 fully saturated rings. The predicted molar refractivity (Wildman–Crippen MR) is 129 cm³/mol. The van der Waals surface area contributed by atoms with Gasteiger partial charge in [0.2, 0.25) is 17.7 Å².